The number of hydrogen-bond acceptors (Lipinski definition) is 26. The van der Waals surface area contributed by atoms with Crippen molar-refractivity contribution in [1.29, 1.82) is 0 Å². The summed E-state index contributed by atoms with van der Waals surface area (Å²) in [7, 11) is 1.50. The Morgan fingerprint density at radius 3 is 1.88 bits per heavy atom. The Morgan fingerprint density at radius 2 is 1.27 bits per heavy atom. The number of carboxylic acids is 1. The van der Waals surface area contributed by atoms with E-state index < -0.39 is 188 Å². The molecule has 3 aromatic carbocycles. The highest BCUT2D eigenvalue weighted by atomic mass is 32.2. The topological polar surface area (TPSA) is 634 Å². The van der Waals surface area contributed by atoms with Gasteiger partial charge in [-0.1, -0.05) is 74.1 Å². The number of rotatable bonds is 37. The van der Waals surface area contributed by atoms with E-state index in [1.807, 2.05) is 0 Å². The number of fused-ring (bicyclic) bond motifs is 1. The molecule has 0 aliphatic carbocycles. The lowest BCUT2D eigenvalue weighted by Crippen LogP contribution is -2.61. The zero-order chi connectivity index (χ0) is 88.1. The number of nitrogens with zero attached hydrogens (tertiary/aromatic N) is 4. The van der Waals surface area contributed by atoms with E-state index in [4.69, 9.17) is 38.5 Å². The Balaban J connectivity index is 1.21. The number of carbonyl (C=O) groups is 15. The standard InChI is InChI=1S/C79H111N21O19S/c1-44(2)41-59-74(112)91-54(24-31-80)69(107)90-57(27-34-83)73(111)97-66(45(3)101)76(114)88-36-28-58(72(110)89-55(25-32-81)71(109)95-60(75(113)94-59)42-47-13-7-6-8-14-47)92-70(108)56(26-33-82)93-77(115)67(46(4)102)96-64(104)30-40-119-65(105)29-38-99(39-37-87-63(103)23-21-52(84)78(116)117)79(118)100-61-43-49(120-62-17-10-9-16-51(62)68(106)85-5)19-20-50(61)53(98-100)22-18-48-15-11-12-35-86-48/h6-20,22,35,43-46,52,54-60,66-67,101-102H,21,23-34,36-42,80-84H2,1-5H3,(H,85,106)(H,87,103)(H,88,114)(H,89,110)(H,90,107)(H,91,112)(H,92,108)(H,93,115)(H,94,113)(H,95,109)(H,96,104)(H,97,111)(H,116,117)/b22-18+/t45-,46-,52+,54+,55+,56+,57+,58+,59+,60-,66?,67+/m1/s1. The van der Waals surface area contributed by atoms with Crippen molar-refractivity contribution in [2.45, 2.75) is 181 Å². The van der Waals surface area contributed by atoms with Crippen LogP contribution in [0, 0.1) is 5.92 Å². The summed E-state index contributed by atoms with van der Waals surface area (Å²) in [5.74, 6) is -13.3. The molecule has 1 unspecified atom stereocenters. The van der Waals surface area contributed by atoms with Crippen LogP contribution >= 0.6 is 11.8 Å². The quantitative estimate of drug-likeness (QED) is 0.0170. The van der Waals surface area contributed by atoms with Crippen LogP contribution in [-0.4, -0.2) is 262 Å². The van der Waals surface area contributed by atoms with Crippen LogP contribution in [-0.2, 0) is 73.5 Å². The van der Waals surface area contributed by atoms with E-state index in [1.165, 1.54) is 30.6 Å². The molecule has 12 atom stereocenters. The van der Waals surface area contributed by atoms with Crippen LogP contribution in [0.5, 0.6) is 0 Å². The van der Waals surface area contributed by atoms with Gasteiger partial charge in [-0.15, -0.1) is 0 Å². The molecule has 1 aliphatic heterocycles. The fraction of sp³-hybridized carbons (Fsp3) is 0.481. The van der Waals surface area contributed by atoms with Crippen LogP contribution in [0.2, 0.25) is 0 Å². The molecule has 3 heterocycles. The third-order valence-corrected chi connectivity index (χ3v) is 19.9. The van der Waals surface area contributed by atoms with Crippen LogP contribution in [0.4, 0.5) is 4.79 Å². The number of amides is 13. The van der Waals surface area contributed by atoms with Crippen LogP contribution < -0.4 is 92.5 Å². The molecule has 0 spiro atoms. The SMILES string of the molecule is CNC(=O)c1ccccc1Sc1ccc2c(/C=C/c3ccccn3)nn(C(=O)N(CCNC(=O)CC[C@H](N)C(=O)O)CCC(=O)OCCC(=O)N[C@H](C(=O)N[C@@H](CCN)C(=O)N[C@H]3CCNC(=O)C([C@@H](C)O)NC(=O)[C@H](CCN)NC(=O)[C@H](CCN)NC(=O)[C@H](CC(C)C)NC(=O)[C@@H](Cc4ccccc4)NC(=O)[C@H](CCN)NC3=O)[C@@H](C)O)c2c1. The highest BCUT2D eigenvalue weighted by Crippen LogP contribution is 2.34. The predicted octanol–water partition coefficient (Wildman–Crippen LogP) is -3.66. The molecular formula is C79H111N21O19S. The van der Waals surface area contributed by atoms with Gasteiger partial charge in [-0.3, -0.25) is 72.1 Å². The van der Waals surface area contributed by atoms with Gasteiger partial charge < -0.3 is 117 Å². The predicted molar refractivity (Wildman–Crippen MR) is 440 cm³/mol. The van der Waals surface area contributed by atoms with E-state index in [1.54, 1.807) is 123 Å². The lowest BCUT2D eigenvalue weighted by Gasteiger charge is -2.28. The minimum absolute atomic E-state index is 0.00753. The van der Waals surface area contributed by atoms with Crippen LogP contribution in [0.25, 0.3) is 23.1 Å². The third-order valence-electron chi connectivity index (χ3n) is 18.8. The average molecular weight is 1690 g/mol. The first-order chi connectivity index (χ1) is 57.3. The lowest BCUT2D eigenvalue weighted by atomic mass is 10.00. The summed E-state index contributed by atoms with van der Waals surface area (Å²) in [5.41, 5.74) is 31.5. The molecule has 6 rings (SSSR count). The van der Waals surface area contributed by atoms with Crippen molar-refractivity contribution in [3.8, 4) is 0 Å². The van der Waals surface area contributed by atoms with Gasteiger partial charge in [0.05, 0.1) is 47.5 Å². The van der Waals surface area contributed by atoms with Crippen molar-refractivity contribution >= 4 is 124 Å². The maximum Gasteiger partial charge on any atom is 0.345 e. The maximum atomic E-state index is 15.0. The van der Waals surface area contributed by atoms with Crippen molar-refractivity contribution in [3.63, 3.8) is 0 Å². The number of hydrogen-bond donors (Lipinski definition) is 20. The van der Waals surface area contributed by atoms with E-state index in [2.05, 4.69) is 68.8 Å². The molecule has 652 valence electrons. The van der Waals surface area contributed by atoms with E-state index in [0.29, 0.717) is 43.2 Å². The van der Waals surface area contributed by atoms with Gasteiger partial charge in [0.15, 0.2) is 0 Å². The number of carbonyl (C=O) groups excluding carboxylic acids is 14. The van der Waals surface area contributed by atoms with Gasteiger partial charge in [-0.05, 0) is 151 Å². The first-order valence-electron chi connectivity index (χ1n) is 39.3. The monoisotopic (exact) mass is 1690 g/mol. The summed E-state index contributed by atoms with van der Waals surface area (Å²) >= 11 is 1.24. The van der Waals surface area contributed by atoms with E-state index in [0.717, 1.165) is 11.6 Å². The Kier molecular flexibility index (Phi) is 40.0. The molecule has 25 N–H and O–H groups in total. The molecule has 1 saturated heterocycles. The maximum absolute atomic E-state index is 15.0. The van der Waals surface area contributed by atoms with E-state index in [9.17, 15) is 87.2 Å². The molecule has 0 saturated carbocycles. The molecule has 120 heavy (non-hydrogen) atoms. The number of ether oxygens (including phenoxy) is 1. The lowest BCUT2D eigenvalue weighted by molar-refractivity contribution is -0.145. The minimum atomic E-state index is -1.83. The number of nitrogens with one attached hydrogen (secondary N) is 12. The smallest absolute Gasteiger partial charge is 0.345 e. The van der Waals surface area contributed by atoms with Gasteiger partial charge in [0.2, 0.25) is 65.0 Å². The molecule has 13 amide bonds. The van der Waals surface area contributed by atoms with E-state index in [-0.39, 0.29) is 109 Å². The normalized spacial score (nSPS) is 19.2. The Morgan fingerprint density at radius 1 is 0.658 bits per heavy atom. The van der Waals surface area contributed by atoms with Crippen LogP contribution in [0.3, 0.4) is 0 Å². The fourth-order valence-electron chi connectivity index (χ4n) is 12.3. The molecule has 0 bridgehead atoms. The Labute approximate surface area is 697 Å². The molecule has 1 fully saturated rings. The number of carboxylic acid groups (broad SMARTS) is 1. The zero-order valence-corrected chi connectivity index (χ0v) is 68.3. The van der Waals surface area contributed by atoms with Gasteiger partial charge in [-0.25, -0.2) is 4.79 Å². The van der Waals surface area contributed by atoms with Gasteiger partial charge in [0, 0.05) is 67.4 Å². The molecule has 41 heteroatoms. The summed E-state index contributed by atoms with van der Waals surface area (Å²) in [5, 5.41) is 66.8. The first-order valence-corrected chi connectivity index (χ1v) is 40.1. The van der Waals surface area contributed by atoms with Crippen molar-refractivity contribution in [1.82, 2.24) is 83.5 Å². The highest BCUT2D eigenvalue weighted by molar-refractivity contribution is 7.99. The van der Waals surface area contributed by atoms with E-state index >= 15 is 0 Å². The molecule has 1 aliphatic rings. The van der Waals surface area contributed by atoms with Gasteiger partial charge in [0.25, 0.3) is 5.91 Å². The second-order valence-corrected chi connectivity index (χ2v) is 29.8. The van der Waals surface area contributed by atoms with Crippen molar-refractivity contribution in [3.05, 3.63) is 120 Å². The number of aromatic nitrogens is 3. The summed E-state index contributed by atoms with van der Waals surface area (Å²) in [6, 6.07) is 9.48. The summed E-state index contributed by atoms with van der Waals surface area (Å²) in [6.45, 7) is 2.96. The third kappa shape index (κ3) is 30.8. The zero-order valence-electron chi connectivity index (χ0n) is 67.5. The molecular weight excluding hydrogens is 1580 g/mol. The summed E-state index contributed by atoms with van der Waals surface area (Å²) in [4.78, 5) is 215. The van der Waals surface area contributed by atoms with Crippen molar-refractivity contribution in [2.75, 3.05) is 66.0 Å². The number of aliphatic hydroxyl groups is 2. The number of aliphatic hydroxyl groups excluding tert-OH is 2. The number of esters is 1. The van der Waals surface area contributed by atoms with Crippen molar-refractivity contribution in [2.24, 2.45) is 34.6 Å². The van der Waals surface area contributed by atoms with Crippen LogP contribution in [0.1, 0.15) is 119 Å². The number of nitrogens with two attached hydrogens (primary N) is 5. The Bertz CT molecular complexity index is 4380. The number of pyridine rings is 1. The average Bonchev–Trinajstić information content (AvgIpc) is 1.62. The second-order valence-electron chi connectivity index (χ2n) is 28.7. The molecule has 0 radical (unpaired) electrons. The molecule has 40 nitrogen and oxygen atoms in total. The Hall–Kier alpha value is -11.9. The summed E-state index contributed by atoms with van der Waals surface area (Å²) in [6.07, 6.45) is -1.71. The van der Waals surface area contributed by atoms with Gasteiger partial charge >= 0.3 is 18.0 Å². The van der Waals surface area contributed by atoms with Crippen LogP contribution in [0.15, 0.2) is 107 Å². The number of benzene rings is 3. The van der Waals surface area contributed by atoms with Gasteiger partial charge in [-0.2, -0.15) is 9.78 Å². The number of aliphatic carboxylic acids is 1. The summed E-state index contributed by atoms with van der Waals surface area (Å²) < 4.78 is 6.53. The highest BCUT2D eigenvalue weighted by Gasteiger charge is 2.38. The first kappa shape index (κ1) is 97.0. The fourth-order valence-corrected chi connectivity index (χ4v) is 13.3. The van der Waals surface area contributed by atoms with Gasteiger partial charge in [0.1, 0.15) is 67.0 Å². The molecule has 2 aromatic heterocycles. The largest absolute Gasteiger partial charge is 0.480 e. The second kappa shape index (κ2) is 49.5. The minimum Gasteiger partial charge on any atom is -0.480 e. The molecule has 5 aromatic rings. The van der Waals surface area contributed by atoms with Crippen molar-refractivity contribution < 1.29 is 92.0 Å².